The van der Waals surface area contributed by atoms with Crippen molar-refractivity contribution in [3.8, 4) is 0 Å². The van der Waals surface area contributed by atoms with Crippen LogP contribution in [0.2, 0.25) is 0 Å². The summed E-state index contributed by atoms with van der Waals surface area (Å²) in [6.07, 6.45) is 4.19. The van der Waals surface area contributed by atoms with E-state index in [2.05, 4.69) is 9.97 Å². The molecule has 2 aromatic rings. The van der Waals surface area contributed by atoms with Gasteiger partial charge in [0.05, 0.1) is 12.8 Å². The molecule has 7 heteroatoms. The highest BCUT2D eigenvalue weighted by molar-refractivity contribution is 7.98. The summed E-state index contributed by atoms with van der Waals surface area (Å²) in [5.74, 6) is -0.509. The third-order valence-electron chi connectivity index (χ3n) is 1.55. The first-order valence-corrected chi connectivity index (χ1v) is 5.31. The highest BCUT2D eigenvalue weighted by Gasteiger charge is 2.14. The van der Waals surface area contributed by atoms with Crippen LogP contribution in [0.4, 0.5) is 0 Å². The number of ether oxygens (including phenoxy) is 1. The zero-order valence-electron chi connectivity index (χ0n) is 8.37. The van der Waals surface area contributed by atoms with Crippen molar-refractivity contribution in [1.29, 1.82) is 0 Å². The van der Waals surface area contributed by atoms with E-state index in [9.17, 15) is 4.79 Å². The minimum atomic E-state index is -0.509. The van der Waals surface area contributed by atoms with Gasteiger partial charge in [-0.15, -0.1) is 0 Å². The Morgan fingerprint density at radius 1 is 1.50 bits per heavy atom. The first-order valence-electron chi connectivity index (χ1n) is 4.49. The van der Waals surface area contributed by atoms with Gasteiger partial charge < -0.3 is 13.6 Å². The van der Waals surface area contributed by atoms with Crippen LogP contribution in [-0.2, 0) is 4.74 Å². The van der Waals surface area contributed by atoms with E-state index in [-0.39, 0.29) is 10.9 Å². The predicted octanol–water partition coefficient (Wildman–Crippen LogP) is 1.99. The largest absolute Gasteiger partial charge is 0.461 e. The molecule has 0 fully saturated rings. The Morgan fingerprint density at radius 3 is 3.06 bits per heavy atom. The summed E-state index contributed by atoms with van der Waals surface area (Å²) in [4.78, 5) is 19.1. The highest BCUT2D eigenvalue weighted by atomic mass is 32.2. The SMILES string of the molecule is CCOC(=O)c1coc(Sc2ncco2)n1. The monoisotopic (exact) mass is 240 g/mol. The van der Waals surface area contributed by atoms with Gasteiger partial charge in [0.25, 0.3) is 10.4 Å². The Hall–Kier alpha value is -1.76. The molecule has 0 aromatic carbocycles. The molecular formula is C9H8N2O4S. The smallest absolute Gasteiger partial charge is 0.360 e. The van der Waals surface area contributed by atoms with Gasteiger partial charge in [-0.25, -0.2) is 9.78 Å². The van der Waals surface area contributed by atoms with Gasteiger partial charge in [-0.3, -0.25) is 0 Å². The van der Waals surface area contributed by atoms with Crippen molar-refractivity contribution in [1.82, 2.24) is 9.97 Å². The summed E-state index contributed by atoms with van der Waals surface area (Å²) in [5, 5.41) is 0.683. The first kappa shape index (κ1) is 10.7. The van der Waals surface area contributed by atoms with Crippen molar-refractivity contribution in [2.75, 3.05) is 6.61 Å². The third-order valence-corrected chi connectivity index (χ3v) is 2.29. The minimum Gasteiger partial charge on any atom is -0.461 e. The molecule has 0 aliphatic rings. The van der Waals surface area contributed by atoms with Gasteiger partial charge in [0.2, 0.25) is 0 Å². The third kappa shape index (κ3) is 2.43. The molecule has 0 saturated carbocycles. The van der Waals surface area contributed by atoms with E-state index in [0.717, 1.165) is 11.8 Å². The Bertz CT molecular complexity index is 466. The number of aromatic nitrogens is 2. The second-order valence-electron chi connectivity index (χ2n) is 2.62. The van der Waals surface area contributed by atoms with Gasteiger partial charge in [-0.1, -0.05) is 0 Å². The standard InChI is InChI=1S/C9H8N2O4S/c1-2-13-7(12)6-5-15-9(11-6)16-8-10-3-4-14-8/h3-5H,2H2,1H3. The Labute approximate surface area is 95.0 Å². The fourth-order valence-electron chi connectivity index (χ4n) is 0.938. The molecule has 0 bridgehead atoms. The van der Waals surface area contributed by atoms with Crippen molar-refractivity contribution in [3.63, 3.8) is 0 Å². The lowest BCUT2D eigenvalue weighted by Crippen LogP contribution is -2.04. The lowest BCUT2D eigenvalue weighted by molar-refractivity contribution is 0.0519. The minimum absolute atomic E-state index is 0.135. The number of hydrogen-bond donors (Lipinski definition) is 0. The molecule has 0 aliphatic carbocycles. The van der Waals surface area contributed by atoms with Crippen molar-refractivity contribution < 1.29 is 18.4 Å². The summed E-state index contributed by atoms with van der Waals surface area (Å²) < 4.78 is 14.8. The lowest BCUT2D eigenvalue weighted by Gasteiger charge is -1.94. The van der Waals surface area contributed by atoms with E-state index < -0.39 is 5.97 Å². The maximum atomic E-state index is 11.3. The normalized spacial score (nSPS) is 10.3. The molecule has 0 N–H and O–H groups in total. The van der Waals surface area contributed by atoms with Gasteiger partial charge in [0, 0.05) is 11.8 Å². The lowest BCUT2D eigenvalue weighted by atomic mass is 10.5. The second-order valence-corrected chi connectivity index (χ2v) is 3.52. The van der Waals surface area contributed by atoms with Gasteiger partial charge in [-0.05, 0) is 6.92 Å². The molecule has 0 amide bonds. The van der Waals surface area contributed by atoms with Gasteiger partial charge in [0.1, 0.15) is 12.5 Å². The van der Waals surface area contributed by atoms with Crippen LogP contribution < -0.4 is 0 Å². The van der Waals surface area contributed by atoms with Gasteiger partial charge in [-0.2, -0.15) is 4.98 Å². The summed E-state index contributed by atoms with van der Waals surface area (Å²) in [7, 11) is 0. The van der Waals surface area contributed by atoms with E-state index in [0.29, 0.717) is 11.8 Å². The molecule has 2 aromatic heterocycles. The van der Waals surface area contributed by atoms with Crippen molar-refractivity contribution in [3.05, 3.63) is 24.4 Å². The average Bonchev–Trinajstić information content (AvgIpc) is 2.90. The molecule has 0 aliphatic heterocycles. The zero-order valence-corrected chi connectivity index (χ0v) is 9.19. The van der Waals surface area contributed by atoms with Crippen LogP contribution >= 0.6 is 11.8 Å². The van der Waals surface area contributed by atoms with Crippen LogP contribution in [0.15, 0.2) is 38.0 Å². The van der Waals surface area contributed by atoms with Crippen LogP contribution in [0.5, 0.6) is 0 Å². The van der Waals surface area contributed by atoms with E-state index in [4.69, 9.17) is 13.6 Å². The molecule has 0 radical (unpaired) electrons. The number of carbonyl (C=O) groups excluding carboxylic acids is 1. The molecule has 84 valence electrons. The van der Waals surface area contributed by atoms with Crippen LogP contribution in [0, 0.1) is 0 Å². The summed E-state index contributed by atoms with van der Waals surface area (Å²) in [6, 6.07) is 0. The summed E-state index contributed by atoms with van der Waals surface area (Å²) in [5.41, 5.74) is 0.135. The molecule has 0 atom stereocenters. The van der Waals surface area contributed by atoms with Crippen molar-refractivity contribution in [2.24, 2.45) is 0 Å². The molecule has 0 unspecified atom stereocenters. The van der Waals surface area contributed by atoms with Crippen LogP contribution in [-0.4, -0.2) is 22.5 Å². The predicted molar refractivity (Wildman–Crippen MR) is 53.1 cm³/mol. The quantitative estimate of drug-likeness (QED) is 0.756. The molecule has 0 spiro atoms. The fourth-order valence-corrected chi connectivity index (χ4v) is 1.55. The number of nitrogens with zero attached hydrogens (tertiary/aromatic N) is 2. The number of esters is 1. The Balaban J connectivity index is 2.05. The summed E-state index contributed by atoms with van der Waals surface area (Å²) in [6.45, 7) is 2.02. The van der Waals surface area contributed by atoms with E-state index in [1.54, 1.807) is 6.92 Å². The van der Waals surface area contributed by atoms with Crippen LogP contribution in [0.25, 0.3) is 0 Å². The van der Waals surface area contributed by atoms with E-state index >= 15 is 0 Å². The number of carbonyl (C=O) groups is 1. The molecular weight excluding hydrogens is 232 g/mol. The molecule has 2 rings (SSSR count). The van der Waals surface area contributed by atoms with Crippen molar-refractivity contribution in [2.45, 2.75) is 17.4 Å². The van der Waals surface area contributed by atoms with Crippen LogP contribution in [0.3, 0.4) is 0 Å². The molecule has 6 nitrogen and oxygen atoms in total. The first-order chi connectivity index (χ1) is 7.79. The number of rotatable bonds is 4. The van der Waals surface area contributed by atoms with Gasteiger partial charge in [0.15, 0.2) is 5.69 Å². The maximum absolute atomic E-state index is 11.3. The molecule has 16 heavy (non-hydrogen) atoms. The Morgan fingerprint density at radius 2 is 2.38 bits per heavy atom. The topological polar surface area (TPSA) is 78.4 Å². The van der Waals surface area contributed by atoms with E-state index in [1.165, 1.54) is 18.7 Å². The maximum Gasteiger partial charge on any atom is 0.360 e. The summed E-state index contributed by atoms with van der Waals surface area (Å²) >= 11 is 1.09. The Kier molecular flexibility index (Phi) is 3.25. The molecule has 0 saturated heterocycles. The van der Waals surface area contributed by atoms with Crippen LogP contribution in [0.1, 0.15) is 17.4 Å². The zero-order chi connectivity index (χ0) is 11.4. The fraction of sp³-hybridized carbons (Fsp3) is 0.222. The average molecular weight is 240 g/mol. The van der Waals surface area contributed by atoms with Crippen molar-refractivity contribution >= 4 is 17.7 Å². The number of hydrogen-bond acceptors (Lipinski definition) is 7. The second kappa shape index (κ2) is 4.84. The van der Waals surface area contributed by atoms with Gasteiger partial charge >= 0.3 is 5.97 Å². The number of oxazole rings is 2. The molecule has 2 heterocycles. The van der Waals surface area contributed by atoms with E-state index in [1.807, 2.05) is 0 Å². The highest BCUT2D eigenvalue weighted by Crippen LogP contribution is 2.25.